The number of piperazine rings is 1. The standard InChI is InChI=1S/C20H24ClN3O2/c1-14-11-17(15(2)22-14)13-20(26)24-9-7-23(8-10-24)19(25)12-16-5-3-4-6-18(16)21/h3-6,11,22H,7-10,12-13H2,1-2H3. The Morgan fingerprint density at radius 3 is 2.00 bits per heavy atom. The van der Waals surface area contributed by atoms with Gasteiger partial charge in [0.2, 0.25) is 11.8 Å². The number of carbonyl (C=O) groups is 2. The van der Waals surface area contributed by atoms with Gasteiger partial charge >= 0.3 is 0 Å². The van der Waals surface area contributed by atoms with Crippen LogP contribution in [-0.4, -0.2) is 52.8 Å². The highest BCUT2D eigenvalue weighted by Gasteiger charge is 2.25. The molecular formula is C20H24ClN3O2. The predicted octanol–water partition coefficient (Wildman–Crippen LogP) is 2.74. The second kappa shape index (κ2) is 7.96. The monoisotopic (exact) mass is 373 g/mol. The Hall–Kier alpha value is -2.27. The van der Waals surface area contributed by atoms with Crippen molar-refractivity contribution in [1.82, 2.24) is 14.8 Å². The molecule has 2 heterocycles. The molecule has 6 heteroatoms. The lowest BCUT2D eigenvalue weighted by atomic mass is 10.1. The first-order valence-corrected chi connectivity index (χ1v) is 9.26. The van der Waals surface area contributed by atoms with Gasteiger partial charge in [0, 0.05) is 42.6 Å². The molecule has 0 saturated carbocycles. The predicted molar refractivity (Wildman–Crippen MR) is 102 cm³/mol. The van der Waals surface area contributed by atoms with Crippen molar-refractivity contribution < 1.29 is 9.59 Å². The number of aryl methyl sites for hydroxylation is 2. The van der Waals surface area contributed by atoms with Crippen LogP contribution < -0.4 is 0 Å². The van der Waals surface area contributed by atoms with Gasteiger partial charge in [0.15, 0.2) is 0 Å². The van der Waals surface area contributed by atoms with E-state index in [9.17, 15) is 9.59 Å². The number of carbonyl (C=O) groups excluding carboxylic acids is 2. The Bertz CT molecular complexity index is 807. The molecule has 1 aliphatic heterocycles. The zero-order valence-corrected chi connectivity index (χ0v) is 16.0. The highest BCUT2D eigenvalue weighted by atomic mass is 35.5. The van der Waals surface area contributed by atoms with Crippen LogP contribution in [0.15, 0.2) is 30.3 Å². The van der Waals surface area contributed by atoms with Crippen LogP contribution in [0.2, 0.25) is 5.02 Å². The van der Waals surface area contributed by atoms with E-state index >= 15 is 0 Å². The maximum atomic E-state index is 12.5. The Kier molecular flexibility index (Phi) is 5.67. The third kappa shape index (κ3) is 4.28. The molecule has 1 fully saturated rings. The van der Waals surface area contributed by atoms with Crippen LogP contribution in [0, 0.1) is 13.8 Å². The molecule has 2 aromatic rings. The van der Waals surface area contributed by atoms with Crippen LogP contribution in [0.1, 0.15) is 22.5 Å². The van der Waals surface area contributed by atoms with Crippen LogP contribution in [-0.2, 0) is 22.4 Å². The van der Waals surface area contributed by atoms with Crippen molar-refractivity contribution >= 4 is 23.4 Å². The largest absolute Gasteiger partial charge is 0.362 e. The average molecular weight is 374 g/mol. The summed E-state index contributed by atoms with van der Waals surface area (Å²) in [5.74, 6) is 0.174. The van der Waals surface area contributed by atoms with Gasteiger partial charge in [-0.15, -0.1) is 0 Å². The van der Waals surface area contributed by atoms with Gasteiger partial charge in [-0.1, -0.05) is 29.8 Å². The van der Waals surface area contributed by atoms with E-state index in [1.54, 1.807) is 6.07 Å². The van der Waals surface area contributed by atoms with E-state index in [0.717, 1.165) is 22.5 Å². The van der Waals surface area contributed by atoms with Crippen LogP contribution in [0.5, 0.6) is 0 Å². The van der Waals surface area contributed by atoms with Gasteiger partial charge in [0.1, 0.15) is 0 Å². The molecule has 0 unspecified atom stereocenters. The molecule has 0 spiro atoms. The van der Waals surface area contributed by atoms with Gasteiger partial charge in [0.25, 0.3) is 0 Å². The summed E-state index contributed by atoms with van der Waals surface area (Å²) < 4.78 is 0. The van der Waals surface area contributed by atoms with Gasteiger partial charge < -0.3 is 14.8 Å². The Morgan fingerprint density at radius 1 is 0.962 bits per heavy atom. The van der Waals surface area contributed by atoms with Crippen molar-refractivity contribution in [3.8, 4) is 0 Å². The first kappa shape index (κ1) is 18.5. The van der Waals surface area contributed by atoms with E-state index in [4.69, 9.17) is 11.6 Å². The zero-order chi connectivity index (χ0) is 18.7. The Morgan fingerprint density at radius 2 is 1.50 bits per heavy atom. The minimum atomic E-state index is 0.0577. The second-order valence-electron chi connectivity index (χ2n) is 6.81. The first-order valence-electron chi connectivity index (χ1n) is 8.88. The number of aromatic amines is 1. The fraction of sp³-hybridized carbons (Fsp3) is 0.400. The van der Waals surface area contributed by atoms with E-state index in [2.05, 4.69) is 4.98 Å². The SMILES string of the molecule is Cc1cc(CC(=O)N2CCN(C(=O)Cc3ccccc3Cl)CC2)c(C)[nH]1. The number of rotatable bonds is 4. The minimum absolute atomic E-state index is 0.0577. The molecule has 1 aromatic heterocycles. The summed E-state index contributed by atoms with van der Waals surface area (Å²) >= 11 is 6.14. The lowest BCUT2D eigenvalue weighted by Crippen LogP contribution is -2.51. The van der Waals surface area contributed by atoms with E-state index in [-0.39, 0.29) is 11.8 Å². The van der Waals surface area contributed by atoms with Crippen LogP contribution in [0.3, 0.4) is 0 Å². The number of aromatic nitrogens is 1. The lowest BCUT2D eigenvalue weighted by molar-refractivity contribution is -0.138. The molecule has 1 saturated heterocycles. The van der Waals surface area contributed by atoms with Crippen molar-refractivity contribution in [2.75, 3.05) is 26.2 Å². The number of nitrogens with one attached hydrogen (secondary N) is 1. The summed E-state index contributed by atoms with van der Waals surface area (Å²) in [7, 11) is 0. The highest BCUT2D eigenvalue weighted by Crippen LogP contribution is 2.17. The van der Waals surface area contributed by atoms with Crippen LogP contribution in [0.4, 0.5) is 0 Å². The Labute approximate surface area is 158 Å². The summed E-state index contributed by atoms with van der Waals surface area (Å²) in [6.45, 7) is 6.27. The number of benzene rings is 1. The van der Waals surface area contributed by atoms with Gasteiger partial charge in [-0.3, -0.25) is 9.59 Å². The molecule has 0 radical (unpaired) electrons. The van der Waals surface area contributed by atoms with Crippen molar-refractivity contribution in [3.05, 3.63) is 57.9 Å². The topological polar surface area (TPSA) is 56.4 Å². The van der Waals surface area contributed by atoms with Crippen LogP contribution in [0.25, 0.3) is 0 Å². The van der Waals surface area contributed by atoms with E-state index < -0.39 is 0 Å². The third-order valence-corrected chi connectivity index (χ3v) is 5.25. The highest BCUT2D eigenvalue weighted by molar-refractivity contribution is 6.31. The molecule has 2 amide bonds. The molecule has 0 atom stereocenters. The minimum Gasteiger partial charge on any atom is -0.362 e. The van der Waals surface area contributed by atoms with E-state index in [1.165, 1.54) is 0 Å². The van der Waals surface area contributed by atoms with Gasteiger partial charge in [0.05, 0.1) is 12.8 Å². The van der Waals surface area contributed by atoms with Gasteiger partial charge in [-0.05, 0) is 37.1 Å². The van der Waals surface area contributed by atoms with Crippen LogP contribution >= 0.6 is 11.6 Å². The molecule has 3 rings (SSSR count). The zero-order valence-electron chi connectivity index (χ0n) is 15.2. The van der Waals surface area contributed by atoms with Gasteiger partial charge in [-0.25, -0.2) is 0 Å². The molecule has 26 heavy (non-hydrogen) atoms. The molecule has 0 bridgehead atoms. The number of amides is 2. The molecule has 0 aliphatic carbocycles. The number of hydrogen-bond acceptors (Lipinski definition) is 2. The summed E-state index contributed by atoms with van der Waals surface area (Å²) in [5, 5.41) is 0.617. The summed E-state index contributed by atoms with van der Waals surface area (Å²) in [4.78, 5) is 31.9. The maximum absolute atomic E-state index is 12.5. The summed E-state index contributed by atoms with van der Waals surface area (Å²) in [6.07, 6.45) is 0.708. The van der Waals surface area contributed by atoms with Gasteiger partial charge in [-0.2, -0.15) is 0 Å². The molecule has 138 valence electrons. The van der Waals surface area contributed by atoms with Crippen molar-refractivity contribution in [3.63, 3.8) is 0 Å². The molecule has 5 nitrogen and oxygen atoms in total. The van der Waals surface area contributed by atoms with E-state index in [1.807, 2.05) is 47.9 Å². The number of H-pyrrole nitrogens is 1. The van der Waals surface area contributed by atoms with Crippen molar-refractivity contribution in [2.24, 2.45) is 0 Å². The Balaban J connectivity index is 1.52. The number of hydrogen-bond donors (Lipinski definition) is 1. The second-order valence-corrected chi connectivity index (χ2v) is 7.22. The molecular weight excluding hydrogens is 350 g/mol. The first-order chi connectivity index (χ1) is 12.4. The maximum Gasteiger partial charge on any atom is 0.227 e. The molecule has 1 N–H and O–H groups in total. The quantitative estimate of drug-likeness (QED) is 0.895. The molecule has 1 aromatic carbocycles. The fourth-order valence-electron chi connectivity index (χ4n) is 3.36. The molecule has 1 aliphatic rings. The number of halogens is 1. The van der Waals surface area contributed by atoms with E-state index in [0.29, 0.717) is 44.0 Å². The third-order valence-electron chi connectivity index (χ3n) is 4.88. The average Bonchev–Trinajstić information content (AvgIpc) is 2.94. The van der Waals surface area contributed by atoms with Crippen molar-refractivity contribution in [1.29, 1.82) is 0 Å². The smallest absolute Gasteiger partial charge is 0.227 e. The fourth-order valence-corrected chi connectivity index (χ4v) is 3.56. The summed E-state index contributed by atoms with van der Waals surface area (Å²) in [6, 6.07) is 9.44. The van der Waals surface area contributed by atoms with Crippen molar-refractivity contribution in [2.45, 2.75) is 26.7 Å². The normalized spacial score (nSPS) is 14.6. The summed E-state index contributed by atoms with van der Waals surface area (Å²) in [5.41, 5.74) is 4.00. The lowest BCUT2D eigenvalue weighted by Gasteiger charge is -2.35. The number of nitrogens with zero attached hydrogens (tertiary/aromatic N) is 2.